The third-order valence-electron chi connectivity index (χ3n) is 4.46. The van der Waals surface area contributed by atoms with E-state index < -0.39 is 0 Å². The van der Waals surface area contributed by atoms with Crippen molar-refractivity contribution >= 4 is 11.8 Å². The highest BCUT2D eigenvalue weighted by molar-refractivity contribution is 7.99. The molecule has 1 aromatic rings. The standard InChI is InChI=1S/C16H23NOS/c18-11-14-6-2-1-5-9-17(14)10-13-12-19-16-8-4-3-7-15(13)16/h3-4,7-8,13-14,18H,1-2,5-6,9-12H2. The van der Waals surface area contributed by atoms with Crippen LogP contribution in [0.4, 0.5) is 0 Å². The van der Waals surface area contributed by atoms with Crippen LogP contribution >= 0.6 is 11.8 Å². The fraction of sp³-hybridized carbons (Fsp3) is 0.625. The molecular weight excluding hydrogens is 254 g/mol. The van der Waals surface area contributed by atoms with Gasteiger partial charge in [0.25, 0.3) is 0 Å². The molecule has 0 saturated carbocycles. The molecule has 104 valence electrons. The maximum absolute atomic E-state index is 9.61. The summed E-state index contributed by atoms with van der Waals surface area (Å²) in [6.07, 6.45) is 5.05. The summed E-state index contributed by atoms with van der Waals surface area (Å²) in [5, 5.41) is 9.61. The summed E-state index contributed by atoms with van der Waals surface area (Å²) in [5.74, 6) is 1.85. The molecule has 2 atom stereocenters. The van der Waals surface area contributed by atoms with Crippen molar-refractivity contribution in [3.05, 3.63) is 29.8 Å². The highest BCUT2D eigenvalue weighted by Crippen LogP contribution is 2.40. The zero-order chi connectivity index (χ0) is 13.1. The molecule has 1 saturated heterocycles. The number of nitrogens with zero attached hydrogens (tertiary/aromatic N) is 1. The lowest BCUT2D eigenvalue weighted by atomic mass is 10.00. The maximum atomic E-state index is 9.61. The Bertz CT molecular complexity index is 423. The molecule has 0 aromatic heterocycles. The molecule has 1 fully saturated rings. The van der Waals surface area contributed by atoms with E-state index in [0.29, 0.717) is 18.6 Å². The first-order chi connectivity index (χ1) is 9.38. The van der Waals surface area contributed by atoms with Crippen LogP contribution in [0.1, 0.15) is 37.2 Å². The summed E-state index contributed by atoms with van der Waals surface area (Å²) >= 11 is 1.99. The Morgan fingerprint density at radius 1 is 1.21 bits per heavy atom. The number of benzene rings is 1. The minimum atomic E-state index is 0.321. The molecule has 2 unspecified atom stereocenters. The SMILES string of the molecule is OCC1CCCCCN1CC1CSc2ccccc21. The van der Waals surface area contributed by atoms with Gasteiger partial charge in [0.2, 0.25) is 0 Å². The second-order valence-electron chi connectivity index (χ2n) is 5.73. The number of aliphatic hydroxyl groups is 1. The summed E-state index contributed by atoms with van der Waals surface area (Å²) in [6, 6.07) is 9.21. The monoisotopic (exact) mass is 277 g/mol. The lowest BCUT2D eigenvalue weighted by molar-refractivity contribution is 0.120. The molecule has 0 aliphatic carbocycles. The maximum Gasteiger partial charge on any atom is 0.0586 e. The Hall–Kier alpha value is -0.510. The van der Waals surface area contributed by atoms with Gasteiger partial charge in [0.15, 0.2) is 0 Å². The molecule has 1 N–H and O–H groups in total. The average molecular weight is 277 g/mol. The van der Waals surface area contributed by atoms with Gasteiger partial charge in [-0.1, -0.05) is 31.0 Å². The van der Waals surface area contributed by atoms with Gasteiger partial charge >= 0.3 is 0 Å². The van der Waals surface area contributed by atoms with Crippen molar-refractivity contribution in [2.75, 3.05) is 25.4 Å². The molecule has 2 aliphatic heterocycles. The molecule has 3 heteroatoms. The van der Waals surface area contributed by atoms with Gasteiger partial charge in [-0.3, -0.25) is 4.90 Å². The molecule has 1 aromatic carbocycles. The van der Waals surface area contributed by atoms with Gasteiger partial charge in [0.1, 0.15) is 0 Å². The molecule has 0 amide bonds. The van der Waals surface area contributed by atoms with Crippen LogP contribution in [0.2, 0.25) is 0 Å². The number of likely N-dealkylation sites (tertiary alicyclic amines) is 1. The number of hydrogen-bond donors (Lipinski definition) is 1. The van der Waals surface area contributed by atoms with E-state index in [0.717, 1.165) is 19.5 Å². The third kappa shape index (κ3) is 2.99. The van der Waals surface area contributed by atoms with Crippen LogP contribution in [-0.4, -0.2) is 41.5 Å². The van der Waals surface area contributed by atoms with Crippen LogP contribution in [0, 0.1) is 0 Å². The second-order valence-corrected chi connectivity index (χ2v) is 6.79. The van der Waals surface area contributed by atoms with Crippen LogP contribution in [0.3, 0.4) is 0 Å². The van der Waals surface area contributed by atoms with E-state index in [9.17, 15) is 5.11 Å². The van der Waals surface area contributed by atoms with Gasteiger partial charge < -0.3 is 5.11 Å². The molecule has 0 bridgehead atoms. The Labute approximate surface area is 120 Å². The van der Waals surface area contributed by atoms with Crippen LogP contribution in [0.25, 0.3) is 0 Å². The highest BCUT2D eigenvalue weighted by atomic mass is 32.2. The Morgan fingerprint density at radius 2 is 2.11 bits per heavy atom. The topological polar surface area (TPSA) is 23.5 Å². The molecular formula is C16H23NOS. The van der Waals surface area contributed by atoms with E-state index in [-0.39, 0.29) is 0 Å². The molecule has 19 heavy (non-hydrogen) atoms. The zero-order valence-electron chi connectivity index (χ0n) is 11.4. The van der Waals surface area contributed by atoms with E-state index in [1.54, 1.807) is 0 Å². The zero-order valence-corrected chi connectivity index (χ0v) is 12.2. The minimum absolute atomic E-state index is 0.321. The van der Waals surface area contributed by atoms with Gasteiger partial charge in [-0.15, -0.1) is 11.8 Å². The van der Waals surface area contributed by atoms with Crippen LogP contribution in [0.15, 0.2) is 29.2 Å². The number of rotatable bonds is 3. The number of fused-ring (bicyclic) bond motifs is 1. The van der Waals surface area contributed by atoms with Crippen molar-refractivity contribution in [2.24, 2.45) is 0 Å². The lowest BCUT2D eigenvalue weighted by Gasteiger charge is -2.31. The predicted molar refractivity (Wildman–Crippen MR) is 80.8 cm³/mol. The fourth-order valence-electron chi connectivity index (χ4n) is 3.35. The summed E-state index contributed by atoms with van der Waals surface area (Å²) < 4.78 is 0. The second kappa shape index (κ2) is 6.29. The third-order valence-corrected chi connectivity index (χ3v) is 5.72. The van der Waals surface area contributed by atoms with Gasteiger partial charge in [0.05, 0.1) is 6.61 Å². The highest BCUT2D eigenvalue weighted by Gasteiger charge is 2.28. The Kier molecular flexibility index (Phi) is 4.46. The largest absolute Gasteiger partial charge is 0.395 e. The number of thioether (sulfide) groups is 1. The van der Waals surface area contributed by atoms with Crippen molar-refractivity contribution in [2.45, 2.75) is 42.5 Å². The van der Waals surface area contributed by atoms with Crippen LogP contribution in [-0.2, 0) is 0 Å². The van der Waals surface area contributed by atoms with Gasteiger partial charge in [0, 0.05) is 29.2 Å². The van der Waals surface area contributed by atoms with E-state index in [4.69, 9.17) is 0 Å². The smallest absolute Gasteiger partial charge is 0.0586 e. The van der Waals surface area contributed by atoms with Gasteiger partial charge in [-0.2, -0.15) is 0 Å². The van der Waals surface area contributed by atoms with Crippen molar-refractivity contribution in [3.8, 4) is 0 Å². The molecule has 2 aliphatic rings. The summed E-state index contributed by atoms with van der Waals surface area (Å²) in [7, 11) is 0. The molecule has 2 heterocycles. The molecule has 0 spiro atoms. The first-order valence-electron chi connectivity index (χ1n) is 7.45. The summed E-state index contributed by atoms with van der Waals surface area (Å²) in [6.45, 7) is 2.60. The average Bonchev–Trinajstić information content (AvgIpc) is 2.71. The van der Waals surface area contributed by atoms with E-state index in [2.05, 4.69) is 29.2 Å². The van der Waals surface area contributed by atoms with Gasteiger partial charge in [-0.05, 0) is 31.0 Å². The van der Waals surface area contributed by atoms with E-state index >= 15 is 0 Å². The molecule has 3 rings (SSSR count). The van der Waals surface area contributed by atoms with Crippen molar-refractivity contribution in [1.29, 1.82) is 0 Å². The lowest BCUT2D eigenvalue weighted by Crippen LogP contribution is -2.40. The predicted octanol–water partition coefficient (Wildman–Crippen LogP) is 3.11. The minimum Gasteiger partial charge on any atom is -0.395 e. The first-order valence-corrected chi connectivity index (χ1v) is 8.43. The van der Waals surface area contributed by atoms with E-state index in [1.165, 1.54) is 35.5 Å². The number of aliphatic hydroxyl groups excluding tert-OH is 1. The number of hydrogen-bond acceptors (Lipinski definition) is 3. The Balaban J connectivity index is 1.70. The molecule has 0 radical (unpaired) electrons. The quantitative estimate of drug-likeness (QED) is 0.918. The normalized spacial score (nSPS) is 28.1. The Morgan fingerprint density at radius 3 is 3.00 bits per heavy atom. The van der Waals surface area contributed by atoms with Crippen molar-refractivity contribution in [1.82, 2.24) is 4.90 Å². The van der Waals surface area contributed by atoms with Crippen molar-refractivity contribution in [3.63, 3.8) is 0 Å². The molecule has 2 nitrogen and oxygen atoms in total. The van der Waals surface area contributed by atoms with Crippen LogP contribution in [0.5, 0.6) is 0 Å². The summed E-state index contributed by atoms with van der Waals surface area (Å²) in [4.78, 5) is 4.00. The van der Waals surface area contributed by atoms with Gasteiger partial charge in [-0.25, -0.2) is 0 Å². The van der Waals surface area contributed by atoms with E-state index in [1.807, 2.05) is 11.8 Å². The first kappa shape index (κ1) is 13.5. The fourth-order valence-corrected chi connectivity index (χ4v) is 4.59. The van der Waals surface area contributed by atoms with Crippen molar-refractivity contribution < 1.29 is 5.11 Å². The van der Waals surface area contributed by atoms with Crippen LogP contribution < -0.4 is 0 Å². The summed E-state index contributed by atoms with van der Waals surface area (Å²) in [5.41, 5.74) is 1.52.